The summed E-state index contributed by atoms with van der Waals surface area (Å²) in [7, 11) is 1.55. The van der Waals surface area contributed by atoms with E-state index in [1.54, 1.807) is 25.3 Å². The lowest BCUT2D eigenvalue weighted by atomic mass is 10.1. The maximum atomic E-state index is 11.3. The number of carbonyl (C=O) groups is 1. The van der Waals surface area contributed by atoms with E-state index in [0.717, 1.165) is 0 Å². The quantitative estimate of drug-likeness (QED) is 0.203. The van der Waals surface area contributed by atoms with E-state index >= 15 is 0 Å². The Morgan fingerprint density at radius 2 is 2.33 bits per heavy atom. The second-order valence-electron chi connectivity index (χ2n) is 3.48. The number of Topliss-reactive ketones (excluding diaryl/α,β-unsaturated/α-hetero) is 1. The van der Waals surface area contributed by atoms with Crippen LogP contribution in [0.2, 0.25) is 0 Å². The zero-order chi connectivity index (χ0) is 13.4. The fourth-order valence-corrected chi connectivity index (χ4v) is 1.33. The zero-order valence-corrected chi connectivity index (χ0v) is 10.3. The molecule has 0 bridgehead atoms. The van der Waals surface area contributed by atoms with Gasteiger partial charge in [0.2, 0.25) is 0 Å². The molecule has 1 aromatic rings. The van der Waals surface area contributed by atoms with Gasteiger partial charge in [-0.1, -0.05) is 17.0 Å². The number of nitrogens with zero attached hydrogens (tertiary/aromatic N) is 3. The fourth-order valence-electron chi connectivity index (χ4n) is 1.33. The molecule has 0 aliphatic rings. The van der Waals surface area contributed by atoms with Crippen molar-refractivity contribution >= 4 is 5.78 Å². The van der Waals surface area contributed by atoms with Crippen molar-refractivity contribution in [1.82, 2.24) is 0 Å². The molecule has 1 rings (SSSR count). The van der Waals surface area contributed by atoms with Crippen LogP contribution < -0.4 is 4.74 Å². The predicted molar refractivity (Wildman–Crippen MR) is 68.5 cm³/mol. The molecule has 0 saturated carbocycles. The van der Waals surface area contributed by atoms with Gasteiger partial charge in [0.1, 0.15) is 5.75 Å². The molecule has 0 atom stereocenters. The van der Waals surface area contributed by atoms with Crippen LogP contribution >= 0.6 is 0 Å². The SMILES string of the molecule is COc1ccc(C(C)=O)cc1C#CCCN=[N+]=[N-]. The Hall–Kier alpha value is -2.44. The van der Waals surface area contributed by atoms with E-state index in [2.05, 4.69) is 21.9 Å². The number of ketones is 1. The number of hydrogen-bond acceptors (Lipinski definition) is 3. The van der Waals surface area contributed by atoms with Crippen LogP contribution in [0.25, 0.3) is 10.4 Å². The average Bonchev–Trinajstić information content (AvgIpc) is 2.38. The van der Waals surface area contributed by atoms with Gasteiger partial charge in [-0.15, -0.1) is 0 Å². The molecule has 0 fully saturated rings. The molecular formula is C13H13N3O2. The minimum atomic E-state index is -0.0187. The predicted octanol–water partition coefficient (Wildman–Crippen LogP) is 2.95. The topological polar surface area (TPSA) is 75.1 Å². The Bertz CT molecular complexity index is 549. The highest BCUT2D eigenvalue weighted by atomic mass is 16.5. The number of carbonyl (C=O) groups excluding carboxylic acids is 1. The maximum absolute atomic E-state index is 11.3. The van der Waals surface area contributed by atoms with Gasteiger partial charge in [0, 0.05) is 23.4 Å². The van der Waals surface area contributed by atoms with E-state index < -0.39 is 0 Å². The molecular weight excluding hydrogens is 230 g/mol. The van der Waals surface area contributed by atoms with Crippen LogP contribution in [-0.2, 0) is 0 Å². The Morgan fingerprint density at radius 1 is 1.56 bits per heavy atom. The first kappa shape index (κ1) is 13.6. The summed E-state index contributed by atoms with van der Waals surface area (Å²) in [5.74, 6) is 6.38. The Balaban J connectivity index is 2.93. The smallest absolute Gasteiger partial charge is 0.159 e. The van der Waals surface area contributed by atoms with Crippen molar-refractivity contribution in [2.24, 2.45) is 5.11 Å². The maximum Gasteiger partial charge on any atom is 0.159 e. The zero-order valence-electron chi connectivity index (χ0n) is 10.3. The standard InChI is InChI=1S/C13H13N3O2/c1-10(17)11-6-7-13(18-2)12(9-11)5-3-4-8-15-16-14/h6-7,9H,4,8H2,1-2H3. The van der Waals surface area contributed by atoms with Gasteiger partial charge in [-0.3, -0.25) is 4.79 Å². The third kappa shape index (κ3) is 3.85. The third-order valence-corrected chi connectivity index (χ3v) is 2.23. The van der Waals surface area contributed by atoms with Crippen molar-refractivity contribution in [3.05, 3.63) is 39.8 Å². The van der Waals surface area contributed by atoms with Crippen LogP contribution in [0.15, 0.2) is 23.3 Å². The molecule has 0 aliphatic heterocycles. The van der Waals surface area contributed by atoms with Crippen molar-refractivity contribution < 1.29 is 9.53 Å². The highest BCUT2D eigenvalue weighted by molar-refractivity contribution is 5.94. The molecule has 0 spiro atoms. The Labute approximate surface area is 105 Å². The second-order valence-corrected chi connectivity index (χ2v) is 3.48. The van der Waals surface area contributed by atoms with Gasteiger partial charge in [0.05, 0.1) is 12.7 Å². The van der Waals surface area contributed by atoms with Crippen LogP contribution in [0.4, 0.5) is 0 Å². The Kier molecular flexibility index (Phi) is 5.30. The van der Waals surface area contributed by atoms with E-state index in [0.29, 0.717) is 29.8 Å². The van der Waals surface area contributed by atoms with Gasteiger partial charge in [0.15, 0.2) is 5.78 Å². The molecule has 0 amide bonds. The molecule has 18 heavy (non-hydrogen) atoms. The number of rotatable bonds is 4. The summed E-state index contributed by atoms with van der Waals surface area (Å²) < 4.78 is 5.16. The molecule has 5 nitrogen and oxygen atoms in total. The highest BCUT2D eigenvalue weighted by Crippen LogP contribution is 2.19. The number of azide groups is 1. The minimum Gasteiger partial charge on any atom is -0.495 e. The van der Waals surface area contributed by atoms with E-state index in [4.69, 9.17) is 10.3 Å². The molecule has 0 aromatic heterocycles. The summed E-state index contributed by atoms with van der Waals surface area (Å²) in [6.45, 7) is 1.83. The number of methoxy groups -OCH3 is 1. The summed E-state index contributed by atoms with van der Waals surface area (Å²) in [6, 6.07) is 5.11. The first-order valence-electron chi connectivity index (χ1n) is 5.37. The molecule has 0 unspecified atom stereocenters. The minimum absolute atomic E-state index is 0.0187. The van der Waals surface area contributed by atoms with Crippen LogP contribution in [-0.4, -0.2) is 19.4 Å². The lowest BCUT2D eigenvalue weighted by Crippen LogP contribution is -1.95. The molecule has 0 saturated heterocycles. The third-order valence-electron chi connectivity index (χ3n) is 2.23. The lowest BCUT2D eigenvalue weighted by Gasteiger charge is -2.04. The monoisotopic (exact) mass is 243 g/mol. The number of ether oxygens (including phenoxy) is 1. The normalized spacial score (nSPS) is 8.78. The van der Waals surface area contributed by atoms with Crippen molar-refractivity contribution in [2.75, 3.05) is 13.7 Å². The lowest BCUT2D eigenvalue weighted by molar-refractivity contribution is 0.101. The molecule has 0 radical (unpaired) electrons. The van der Waals surface area contributed by atoms with Gasteiger partial charge < -0.3 is 4.74 Å². The molecule has 0 aliphatic carbocycles. The van der Waals surface area contributed by atoms with Gasteiger partial charge in [-0.25, -0.2) is 0 Å². The molecule has 0 N–H and O–H groups in total. The molecule has 0 heterocycles. The molecule has 5 heteroatoms. The largest absolute Gasteiger partial charge is 0.495 e. The van der Waals surface area contributed by atoms with Crippen LogP contribution in [0.1, 0.15) is 29.3 Å². The second kappa shape index (κ2) is 7.00. The summed E-state index contributed by atoms with van der Waals surface area (Å²) in [6.07, 6.45) is 0.470. The van der Waals surface area contributed by atoms with Crippen molar-refractivity contribution in [3.8, 4) is 17.6 Å². The number of benzene rings is 1. The van der Waals surface area contributed by atoms with E-state index in [9.17, 15) is 4.79 Å². The summed E-state index contributed by atoms with van der Waals surface area (Å²) in [5, 5.41) is 3.38. The van der Waals surface area contributed by atoms with Crippen molar-refractivity contribution in [2.45, 2.75) is 13.3 Å². The van der Waals surface area contributed by atoms with Gasteiger partial charge >= 0.3 is 0 Å². The molecule has 92 valence electrons. The first-order chi connectivity index (χ1) is 8.69. The summed E-state index contributed by atoms with van der Waals surface area (Å²) in [4.78, 5) is 13.9. The fraction of sp³-hybridized carbons (Fsp3) is 0.308. The van der Waals surface area contributed by atoms with Crippen LogP contribution in [0, 0.1) is 11.8 Å². The van der Waals surface area contributed by atoms with Gasteiger partial charge in [-0.2, -0.15) is 0 Å². The highest BCUT2D eigenvalue weighted by Gasteiger charge is 2.04. The average molecular weight is 243 g/mol. The van der Waals surface area contributed by atoms with Gasteiger partial charge in [-0.05, 0) is 30.7 Å². The molecule has 1 aromatic carbocycles. The first-order valence-corrected chi connectivity index (χ1v) is 5.37. The van der Waals surface area contributed by atoms with Crippen LogP contribution in [0.3, 0.4) is 0 Å². The van der Waals surface area contributed by atoms with Crippen molar-refractivity contribution in [1.29, 1.82) is 0 Å². The summed E-state index contributed by atoms with van der Waals surface area (Å²) in [5.41, 5.74) is 9.37. The van der Waals surface area contributed by atoms with Crippen LogP contribution in [0.5, 0.6) is 5.75 Å². The summed E-state index contributed by atoms with van der Waals surface area (Å²) >= 11 is 0. The van der Waals surface area contributed by atoms with Crippen molar-refractivity contribution in [3.63, 3.8) is 0 Å². The number of hydrogen-bond donors (Lipinski definition) is 0. The Morgan fingerprint density at radius 3 is 2.94 bits per heavy atom. The van der Waals surface area contributed by atoms with E-state index in [1.165, 1.54) is 6.92 Å². The van der Waals surface area contributed by atoms with E-state index in [-0.39, 0.29) is 5.78 Å². The van der Waals surface area contributed by atoms with Gasteiger partial charge in [0.25, 0.3) is 0 Å². The van der Waals surface area contributed by atoms with E-state index in [1.807, 2.05) is 0 Å².